The van der Waals surface area contributed by atoms with Gasteiger partial charge in [0.1, 0.15) is 17.2 Å². The van der Waals surface area contributed by atoms with Crippen molar-refractivity contribution in [3.05, 3.63) is 59.7 Å². The standard InChI is InChI=1S/C38H46N2O10/c1-22-8-17-28(39(22)35(45)49-37(2,3)4)34(44)48-20-31(41)25-13-9-23(10-14-25)24-11-15-26(16-12-24)33(43)47-21-32(42)30-19-27-18-29(27)40(30)36(46)50-38(5,6)7/h9-16,22,27-30H,8,17-21H2,1-7H3/t22?,27-,28-,29-,30-/m0/s1. The number of piperidine rings is 1. The second kappa shape index (κ2) is 14.2. The van der Waals surface area contributed by atoms with Crippen molar-refractivity contribution in [2.24, 2.45) is 5.92 Å². The zero-order valence-electron chi connectivity index (χ0n) is 29.7. The Morgan fingerprint density at radius 1 is 0.660 bits per heavy atom. The summed E-state index contributed by atoms with van der Waals surface area (Å²) >= 11 is 0. The summed E-state index contributed by atoms with van der Waals surface area (Å²) in [5.41, 5.74) is 0.768. The molecule has 2 amide bonds. The molecule has 0 spiro atoms. The molecule has 0 bridgehead atoms. The smallest absolute Gasteiger partial charge is 0.411 e. The Balaban J connectivity index is 1.10. The van der Waals surface area contributed by atoms with Gasteiger partial charge in [0.2, 0.25) is 0 Å². The molecule has 2 saturated heterocycles. The van der Waals surface area contributed by atoms with Crippen molar-refractivity contribution in [1.29, 1.82) is 0 Å². The summed E-state index contributed by atoms with van der Waals surface area (Å²) in [6, 6.07) is 11.7. The van der Waals surface area contributed by atoms with E-state index in [1.54, 1.807) is 90.1 Å². The number of ketones is 2. The molecule has 1 aliphatic carbocycles. The maximum atomic E-state index is 13.0. The van der Waals surface area contributed by atoms with Gasteiger partial charge in [0.05, 0.1) is 11.6 Å². The number of likely N-dealkylation sites (tertiary alicyclic amines) is 2. The number of rotatable bonds is 9. The van der Waals surface area contributed by atoms with Crippen LogP contribution in [0.15, 0.2) is 48.5 Å². The second-order valence-corrected chi connectivity index (χ2v) is 15.3. The summed E-state index contributed by atoms with van der Waals surface area (Å²) in [5, 5.41) is 0. The third kappa shape index (κ3) is 8.70. The lowest BCUT2D eigenvalue weighted by molar-refractivity contribution is -0.148. The lowest BCUT2D eigenvalue weighted by atomic mass is 10.0. The summed E-state index contributed by atoms with van der Waals surface area (Å²) in [6.07, 6.45) is 1.32. The molecule has 1 saturated carbocycles. The molecule has 2 aliphatic heterocycles. The highest BCUT2D eigenvalue weighted by Crippen LogP contribution is 2.48. The highest BCUT2D eigenvalue weighted by Gasteiger charge is 2.57. The van der Waals surface area contributed by atoms with Crippen LogP contribution in [0.5, 0.6) is 0 Å². The highest BCUT2D eigenvalue weighted by atomic mass is 16.6. The van der Waals surface area contributed by atoms with Gasteiger partial charge in [0.25, 0.3) is 0 Å². The van der Waals surface area contributed by atoms with E-state index >= 15 is 0 Å². The van der Waals surface area contributed by atoms with Crippen molar-refractivity contribution in [3.63, 3.8) is 0 Å². The lowest BCUT2D eigenvalue weighted by Gasteiger charge is -2.30. The van der Waals surface area contributed by atoms with E-state index in [0.717, 1.165) is 17.5 Å². The number of carbonyl (C=O) groups excluding carboxylic acids is 6. The van der Waals surface area contributed by atoms with Gasteiger partial charge < -0.3 is 18.9 Å². The first-order valence-electron chi connectivity index (χ1n) is 17.0. The number of benzene rings is 2. The van der Waals surface area contributed by atoms with Crippen LogP contribution >= 0.6 is 0 Å². The Morgan fingerprint density at radius 2 is 1.20 bits per heavy atom. The normalized spacial score (nSPS) is 22.7. The van der Waals surface area contributed by atoms with Crippen LogP contribution < -0.4 is 0 Å². The van der Waals surface area contributed by atoms with E-state index in [9.17, 15) is 28.8 Å². The molecule has 12 heteroatoms. The van der Waals surface area contributed by atoms with E-state index in [-0.39, 0.29) is 29.3 Å². The van der Waals surface area contributed by atoms with Crippen LogP contribution in [0.2, 0.25) is 0 Å². The van der Waals surface area contributed by atoms with Gasteiger partial charge in [0, 0.05) is 17.6 Å². The molecule has 3 aliphatic rings. The Labute approximate surface area is 292 Å². The number of hydrogen-bond acceptors (Lipinski definition) is 10. The summed E-state index contributed by atoms with van der Waals surface area (Å²) in [5.74, 6) is -1.77. The molecule has 2 heterocycles. The number of fused-ring (bicyclic) bond motifs is 1. The van der Waals surface area contributed by atoms with Crippen molar-refractivity contribution in [2.75, 3.05) is 13.2 Å². The van der Waals surface area contributed by atoms with Gasteiger partial charge in [-0.15, -0.1) is 0 Å². The number of carbonyl (C=O) groups is 6. The second-order valence-electron chi connectivity index (χ2n) is 15.3. The van der Waals surface area contributed by atoms with Gasteiger partial charge >= 0.3 is 24.1 Å². The van der Waals surface area contributed by atoms with Crippen LogP contribution in [0, 0.1) is 5.92 Å². The van der Waals surface area contributed by atoms with E-state index in [0.29, 0.717) is 24.8 Å². The van der Waals surface area contributed by atoms with Crippen LogP contribution in [0.1, 0.15) is 94.9 Å². The molecule has 2 aromatic rings. The average molecular weight is 691 g/mol. The predicted molar refractivity (Wildman–Crippen MR) is 181 cm³/mol. The Kier molecular flexibility index (Phi) is 10.4. The van der Waals surface area contributed by atoms with E-state index in [4.69, 9.17) is 18.9 Å². The third-order valence-corrected chi connectivity index (χ3v) is 8.98. The number of amides is 2. The minimum atomic E-state index is -0.817. The highest BCUT2D eigenvalue weighted by molar-refractivity contribution is 5.99. The molecule has 0 radical (unpaired) electrons. The lowest BCUT2D eigenvalue weighted by Crippen LogP contribution is -2.47. The number of nitrogens with zero attached hydrogens (tertiary/aromatic N) is 2. The zero-order valence-corrected chi connectivity index (χ0v) is 29.7. The molecule has 5 atom stereocenters. The number of ether oxygens (including phenoxy) is 4. The average Bonchev–Trinajstić information content (AvgIpc) is 3.51. The van der Waals surface area contributed by atoms with Gasteiger partial charge in [-0.05, 0) is 103 Å². The number of Topliss-reactive ketones (excluding diaryl/α,β-unsaturated/α-hetero) is 2. The molecular formula is C38H46N2O10. The summed E-state index contributed by atoms with van der Waals surface area (Å²) in [6.45, 7) is 11.5. The van der Waals surface area contributed by atoms with Gasteiger partial charge in [-0.3, -0.25) is 19.4 Å². The molecule has 2 aromatic carbocycles. The number of esters is 2. The molecule has 1 unspecified atom stereocenters. The molecule has 268 valence electrons. The first-order valence-corrected chi connectivity index (χ1v) is 17.0. The van der Waals surface area contributed by atoms with Crippen LogP contribution in [-0.2, 0) is 28.5 Å². The van der Waals surface area contributed by atoms with Gasteiger partial charge in [-0.25, -0.2) is 19.2 Å². The maximum Gasteiger partial charge on any atom is 0.411 e. The molecule has 12 nitrogen and oxygen atoms in total. The monoisotopic (exact) mass is 690 g/mol. The minimum absolute atomic E-state index is 0.00361. The SMILES string of the molecule is CC1CC[C@@H](C(=O)OCC(=O)c2ccc(-c3ccc(C(=O)OCC(=O)[C@@H]4C[C@@H]5C[C@@H]5N4C(=O)OC(C)(C)C)cc3)cc2)N1C(=O)OC(C)(C)C. The topological polar surface area (TPSA) is 146 Å². The molecule has 5 rings (SSSR count). The fourth-order valence-electron chi connectivity index (χ4n) is 6.44. The molecule has 3 fully saturated rings. The largest absolute Gasteiger partial charge is 0.456 e. The van der Waals surface area contributed by atoms with Crippen molar-refractivity contribution in [1.82, 2.24) is 9.80 Å². The van der Waals surface area contributed by atoms with E-state index < -0.39 is 66.4 Å². The van der Waals surface area contributed by atoms with Crippen molar-refractivity contribution >= 4 is 35.7 Å². The quantitative estimate of drug-likeness (QED) is 0.175. The zero-order chi connectivity index (χ0) is 36.5. The van der Waals surface area contributed by atoms with Crippen LogP contribution in [-0.4, -0.2) is 94.1 Å². The van der Waals surface area contributed by atoms with Gasteiger partial charge in [0.15, 0.2) is 24.8 Å². The molecule has 0 N–H and O–H groups in total. The Bertz CT molecular complexity index is 1530. The first-order chi connectivity index (χ1) is 23.4. The summed E-state index contributed by atoms with van der Waals surface area (Å²) in [7, 11) is 0. The van der Waals surface area contributed by atoms with E-state index in [1.165, 1.54) is 9.80 Å². The fourth-order valence-corrected chi connectivity index (χ4v) is 6.44. The summed E-state index contributed by atoms with van der Waals surface area (Å²) in [4.78, 5) is 79.7. The van der Waals surface area contributed by atoms with E-state index in [1.807, 2.05) is 6.92 Å². The number of hydrogen-bond donors (Lipinski definition) is 0. The molecule has 0 aromatic heterocycles. The predicted octanol–water partition coefficient (Wildman–Crippen LogP) is 5.99. The van der Waals surface area contributed by atoms with Gasteiger partial charge in [-0.2, -0.15) is 0 Å². The molecule has 50 heavy (non-hydrogen) atoms. The Hall–Kier alpha value is -4.74. The van der Waals surface area contributed by atoms with Crippen molar-refractivity contribution in [2.45, 2.75) is 110 Å². The maximum absolute atomic E-state index is 13.0. The minimum Gasteiger partial charge on any atom is -0.456 e. The fraction of sp³-hybridized carbons (Fsp3) is 0.526. The first kappa shape index (κ1) is 36.5. The van der Waals surface area contributed by atoms with E-state index in [2.05, 4.69) is 0 Å². The third-order valence-electron chi connectivity index (χ3n) is 8.98. The Morgan fingerprint density at radius 3 is 1.76 bits per heavy atom. The molecular weight excluding hydrogens is 644 g/mol. The summed E-state index contributed by atoms with van der Waals surface area (Å²) < 4.78 is 21.6. The van der Waals surface area contributed by atoms with Gasteiger partial charge in [-0.1, -0.05) is 36.4 Å². The van der Waals surface area contributed by atoms with Crippen molar-refractivity contribution in [3.8, 4) is 11.1 Å². The van der Waals surface area contributed by atoms with Crippen LogP contribution in [0.4, 0.5) is 9.59 Å². The van der Waals surface area contributed by atoms with Crippen LogP contribution in [0.3, 0.4) is 0 Å². The van der Waals surface area contributed by atoms with Crippen molar-refractivity contribution < 1.29 is 47.7 Å². The van der Waals surface area contributed by atoms with Crippen LogP contribution in [0.25, 0.3) is 11.1 Å².